The predicted molar refractivity (Wildman–Crippen MR) is 141 cm³/mol. The molecule has 0 unspecified atom stereocenters. The van der Waals surface area contributed by atoms with Crippen molar-refractivity contribution in [3.63, 3.8) is 0 Å². The molecule has 0 saturated carbocycles. The zero-order chi connectivity index (χ0) is 24.9. The molecule has 9 nitrogen and oxygen atoms in total. The van der Waals surface area contributed by atoms with Crippen molar-refractivity contribution in [1.82, 2.24) is 24.8 Å². The Morgan fingerprint density at radius 3 is 2.39 bits per heavy atom. The summed E-state index contributed by atoms with van der Waals surface area (Å²) in [6.45, 7) is 8.97. The van der Waals surface area contributed by atoms with E-state index in [4.69, 9.17) is 9.72 Å². The van der Waals surface area contributed by atoms with Gasteiger partial charge in [0.25, 0.3) is 5.56 Å². The summed E-state index contributed by atoms with van der Waals surface area (Å²) in [5, 5.41) is 3.16. The number of aryl methyl sites for hydroxylation is 1. The highest BCUT2D eigenvalue weighted by molar-refractivity contribution is 5.64. The van der Waals surface area contributed by atoms with Gasteiger partial charge in [0, 0.05) is 49.7 Å². The number of piperazine rings is 1. The molecule has 2 N–H and O–H groups in total. The lowest BCUT2D eigenvalue weighted by Crippen LogP contribution is -2.46. The molecule has 1 saturated heterocycles. The van der Waals surface area contributed by atoms with Crippen molar-refractivity contribution in [3.8, 4) is 22.8 Å². The summed E-state index contributed by atoms with van der Waals surface area (Å²) >= 11 is 0. The largest absolute Gasteiger partial charge is 0.457 e. The number of para-hydroxylation sites is 1. The van der Waals surface area contributed by atoms with E-state index in [1.807, 2.05) is 61.5 Å². The zero-order valence-corrected chi connectivity index (χ0v) is 20.4. The van der Waals surface area contributed by atoms with Crippen LogP contribution in [0.3, 0.4) is 0 Å². The molecular weight excluding hydrogens is 454 g/mol. The van der Waals surface area contributed by atoms with Crippen molar-refractivity contribution >= 4 is 17.6 Å². The first-order chi connectivity index (χ1) is 17.6. The lowest BCUT2D eigenvalue weighted by Gasteiger charge is -2.34. The van der Waals surface area contributed by atoms with Crippen LogP contribution in [0.15, 0.2) is 71.7 Å². The summed E-state index contributed by atoms with van der Waals surface area (Å²) in [5.74, 6) is 2.54. The van der Waals surface area contributed by atoms with Crippen LogP contribution in [0.25, 0.3) is 11.3 Å². The van der Waals surface area contributed by atoms with E-state index >= 15 is 0 Å². The maximum Gasteiger partial charge on any atom is 0.252 e. The van der Waals surface area contributed by atoms with Crippen LogP contribution in [0.4, 0.5) is 17.6 Å². The number of anilines is 3. The van der Waals surface area contributed by atoms with Gasteiger partial charge in [0.1, 0.15) is 11.5 Å². The van der Waals surface area contributed by atoms with Crippen LogP contribution in [0.5, 0.6) is 11.5 Å². The third kappa shape index (κ3) is 5.52. The zero-order valence-electron chi connectivity index (χ0n) is 20.4. The first kappa shape index (κ1) is 23.5. The Bertz CT molecular complexity index is 1370. The topological polar surface area (TPSA) is 99.3 Å². The quantitative estimate of drug-likeness (QED) is 0.403. The lowest BCUT2D eigenvalue weighted by molar-refractivity contribution is 0.270. The van der Waals surface area contributed by atoms with E-state index in [9.17, 15) is 4.79 Å². The molecule has 0 radical (unpaired) electrons. The molecule has 2 aromatic carbocycles. The molecular formula is C27H29N7O2. The molecule has 5 rings (SSSR count). The molecule has 3 heterocycles. The molecule has 184 valence electrons. The minimum Gasteiger partial charge on any atom is -0.457 e. The van der Waals surface area contributed by atoms with Crippen molar-refractivity contribution in [3.05, 3.63) is 82.9 Å². The van der Waals surface area contributed by atoms with E-state index in [2.05, 4.69) is 37.0 Å². The average molecular weight is 484 g/mol. The monoisotopic (exact) mass is 483 g/mol. The van der Waals surface area contributed by atoms with E-state index in [0.29, 0.717) is 23.3 Å². The van der Waals surface area contributed by atoms with Gasteiger partial charge in [-0.05, 0) is 49.9 Å². The van der Waals surface area contributed by atoms with Gasteiger partial charge in [-0.15, -0.1) is 0 Å². The molecule has 0 amide bonds. The average Bonchev–Trinajstić information content (AvgIpc) is 2.90. The normalized spacial score (nSPS) is 14.0. The van der Waals surface area contributed by atoms with Crippen LogP contribution in [0, 0.1) is 6.92 Å². The van der Waals surface area contributed by atoms with Gasteiger partial charge in [-0.25, -0.2) is 15.0 Å². The van der Waals surface area contributed by atoms with E-state index in [-0.39, 0.29) is 5.56 Å². The smallest absolute Gasteiger partial charge is 0.252 e. The Hall–Kier alpha value is -4.24. The molecule has 0 atom stereocenters. The molecule has 0 aliphatic carbocycles. The lowest BCUT2D eigenvalue weighted by atomic mass is 10.2. The van der Waals surface area contributed by atoms with Crippen LogP contribution in [-0.4, -0.2) is 57.6 Å². The van der Waals surface area contributed by atoms with Gasteiger partial charge in [0.05, 0.1) is 11.4 Å². The summed E-state index contributed by atoms with van der Waals surface area (Å²) in [4.78, 5) is 33.7. The number of nitrogens with zero attached hydrogens (tertiary/aromatic N) is 5. The Morgan fingerprint density at radius 1 is 0.972 bits per heavy atom. The molecule has 0 spiro atoms. The molecule has 9 heteroatoms. The maximum atomic E-state index is 12.4. The van der Waals surface area contributed by atoms with E-state index in [0.717, 1.165) is 55.4 Å². The van der Waals surface area contributed by atoms with Gasteiger partial charge in [0.15, 0.2) is 0 Å². The van der Waals surface area contributed by atoms with Gasteiger partial charge >= 0.3 is 0 Å². The van der Waals surface area contributed by atoms with Gasteiger partial charge < -0.3 is 19.9 Å². The minimum atomic E-state index is -0.259. The maximum absolute atomic E-state index is 12.4. The summed E-state index contributed by atoms with van der Waals surface area (Å²) in [6, 6.07) is 18.5. The number of hydrogen-bond donors (Lipinski definition) is 2. The highest BCUT2D eigenvalue weighted by atomic mass is 16.5. The summed E-state index contributed by atoms with van der Waals surface area (Å²) in [5.41, 5.74) is 2.54. The first-order valence-electron chi connectivity index (χ1n) is 12.1. The standard InChI is InChI=1S/C27H29N7O2/c1-3-33-13-15-34(16-14-33)27-28-18-23(19(2)29-27)24-17-25(35)32-26(31-24)30-20-9-11-22(12-10-20)36-21-7-5-4-6-8-21/h4-12,17-18H,3,13-16H2,1-2H3,(H2,30,31,32,35). The molecule has 2 aromatic heterocycles. The fraction of sp³-hybridized carbons (Fsp3) is 0.259. The van der Waals surface area contributed by atoms with E-state index in [1.165, 1.54) is 6.07 Å². The molecule has 1 aliphatic rings. The Morgan fingerprint density at radius 2 is 1.69 bits per heavy atom. The second-order valence-corrected chi connectivity index (χ2v) is 8.63. The minimum absolute atomic E-state index is 0.259. The summed E-state index contributed by atoms with van der Waals surface area (Å²) in [7, 11) is 0. The summed E-state index contributed by atoms with van der Waals surface area (Å²) in [6.07, 6.45) is 1.76. The van der Waals surface area contributed by atoms with Crippen molar-refractivity contribution in [2.75, 3.05) is 42.9 Å². The highest BCUT2D eigenvalue weighted by Gasteiger charge is 2.19. The van der Waals surface area contributed by atoms with Crippen LogP contribution < -0.4 is 20.5 Å². The SMILES string of the molecule is CCN1CCN(c2ncc(-c3cc(=O)[nH]c(Nc4ccc(Oc5ccccc5)cc4)n3)c(C)n2)CC1. The molecule has 1 fully saturated rings. The number of ether oxygens (including phenoxy) is 1. The Kier molecular flexibility index (Phi) is 6.90. The number of aromatic nitrogens is 4. The van der Waals surface area contributed by atoms with Gasteiger partial charge in [0.2, 0.25) is 11.9 Å². The fourth-order valence-corrected chi connectivity index (χ4v) is 4.15. The van der Waals surface area contributed by atoms with Crippen molar-refractivity contribution in [1.29, 1.82) is 0 Å². The fourth-order valence-electron chi connectivity index (χ4n) is 4.15. The number of rotatable bonds is 7. The number of benzene rings is 2. The predicted octanol–water partition coefficient (Wildman–Crippen LogP) is 4.21. The number of hydrogen-bond acceptors (Lipinski definition) is 8. The van der Waals surface area contributed by atoms with Crippen molar-refractivity contribution in [2.45, 2.75) is 13.8 Å². The second kappa shape index (κ2) is 10.6. The van der Waals surface area contributed by atoms with E-state index < -0.39 is 0 Å². The number of nitrogens with one attached hydrogen (secondary N) is 2. The van der Waals surface area contributed by atoms with E-state index in [1.54, 1.807) is 6.20 Å². The second-order valence-electron chi connectivity index (χ2n) is 8.63. The van der Waals surface area contributed by atoms with Crippen molar-refractivity contribution in [2.24, 2.45) is 0 Å². The molecule has 0 bridgehead atoms. The molecule has 1 aliphatic heterocycles. The summed E-state index contributed by atoms with van der Waals surface area (Å²) < 4.78 is 5.84. The highest BCUT2D eigenvalue weighted by Crippen LogP contribution is 2.25. The number of H-pyrrole nitrogens is 1. The number of aromatic amines is 1. The van der Waals surface area contributed by atoms with Gasteiger partial charge in [-0.1, -0.05) is 25.1 Å². The third-order valence-electron chi connectivity index (χ3n) is 6.18. The molecule has 36 heavy (non-hydrogen) atoms. The number of likely N-dealkylation sites (N-methyl/N-ethyl adjacent to an activating group) is 1. The van der Waals surface area contributed by atoms with Crippen LogP contribution in [0.1, 0.15) is 12.6 Å². The third-order valence-corrected chi connectivity index (χ3v) is 6.18. The Balaban J connectivity index is 1.31. The van der Waals surface area contributed by atoms with Crippen LogP contribution in [-0.2, 0) is 0 Å². The molecule has 4 aromatic rings. The first-order valence-corrected chi connectivity index (χ1v) is 12.1. The Labute approximate surface area is 209 Å². The van der Waals surface area contributed by atoms with Crippen LogP contribution >= 0.6 is 0 Å². The van der Waals surface area contributed by atoms with Gasteiger partial charge in [-0.3, -0.25) is 9.78 Å². The van der Waals surface area contributed by atoms with Gasteiger partial charge in [-0.2, -0.15) is 0 Å². The van der Waals surface area contributed by atoms with Crippen LogP contribution in [0.2, 0.25) is 0 Å². The van der Waals surface area contributed by atoms with Crippen molar-refractivity contribution < 1.29 is 4.74 Å².